The molecule has 0 radical (unpaired) electrons. The average Bonchev–Trinajstić information content (AvgIpc) is 2.07. The summed E-state index contributed by atoms with van der Waals surface area (Å²) in [5.74, 6) is -0.770. The number of aromatic nitrogens is 2. The van der Waals surface area contributed by atoms with Gasteiger partial charge in [0.2, 0.25) is 0 Å². The van der Waals surface area contributed by atoms with Gasteiger partial charge in [0.15, 0.2) is 5.82 Å². The van der Waals surface area contributed by atoms with Gasteiger partial charge in [-0.3, -0.25) is 9.78 Å². The number of halogens is 1. The maximum absolute atomic E-state index is 12.7. The Morgan fingerprint density at radius 1 is 1.50 bits per heavy atom. The van der Waals surface area contributed by atoms with Crippen molar-refractivity contribution in [2.75, 3.05) is 0 Å². The van der Waals surface area contributed by atoms with E-state index in [-0.39, 0.29) is 0 Å². The van der Waals surface area contributed by atoms with Gasteiger partial charge in [-0.2, -0.15) is 0 Å². The molecule has 0 aliphatic rings. The molecule has 0 fully saturated rings. The van der Waals surface area contributed by atoms with Crippen molar-refractivity contribution < 1.29 is 4.39 Å². The predicted octanol–water partition coefficient (Wildman–Crippen LogP) is 1.06. The van der Waals surface area contributed by atoms with Gasteiger partial charge in [-0.15, -0.1) is 0 Å². The van der Waals surface area contributed by atoms with E-state index in [2.05, 4.69) is 9.97 Å². The second-order valence-corrected chi connectivity index (χ2v) is 2.41. The van der Waals surface area contributed by atoms with Crippen molar-refractivity contribution in [3.05, 3.63) is 40.7 Å². The lowest BCUT2D eigenvalue weighted by molar-refractivity contribution is 0.612. The molecular formula is C8H5FN2O. The molecule has 0 aromatic carbocycles. The number of hydrogen-bond acceptors (Lipinski definition) is 2. The van der Waals surface area contributed by atoms with Crippen molar-refractivity contribution >= 4 is 10.9 Å². The van der Waals surface area contributed by atoms with Gasteiger partial charge >= 0.3 is 0 Å². The lowest BCUT2D eigenvalue weighted by atomic mass is 10.3. The molecule has 3 nitrogen and oxygen atoms in total. The van der Waals surface area contributed by atoms with Crippen molar-refractivity contribution in [3.63, 3.8) is 0 Å². The molecule has 0 unspecified atom stereocenters. The highest BCUT2D eigenvalue weighted by Crippen LogP contribution is 2.06. The topological polar surface area (TPSA) is 45.8 Å². The van der Waals surface area contributed by atoms with E-state index in [9.17, 15) is 9.18 Å². The van der Waals surface area contributed by atoms with Crippen molar-refractivity contribution in [1.82, 2.24) is 9.97 Å². The van der Waals surface area contributed by atoms with E-state index in [0.717, 1.165) is 0 Å². The zero-order valence-corrected chi connectivity index (χ0v) is 6.04. The molecule has 0 bridgehead atoms. The van der Waals surface area contributed by atoms with Crippen molar-refractivity contribution in [3.8, 4) is 0 Å². The summed E-state index contributed by atoms with van der Waals surface area (Å²) in [6, 6.07) is 2.82. The average molecular weight is 164 g/mol. The molecule has 2 rings (SSSR count). The van der Waals surface area contributed by atoms with Gasteiger partial charge in [0.25, 0.3) is 5.56 Å². The Kier molecular flexibility index (Phi) is 1.40. The smallest absolute Gasteiger partial charge is 0.284 e. The van der Waals surface area contributed by atoms with Crippen molar-refractivity contribution in [2.45, 2.75) is 0 Å². The van der Waals surface area contributed by atoms with Crippen LogP contribution >= 0.6 is 0 Å². The minimum absolute atomic E-state index is 0.545. The number of fused-ring (bicyclic) bond motifs is 1. The number of rotatable bonds is 0. The fraction of sp³-hybridized carbons (Fsp3) is 0. The fourth-order valence-corrected chi connectivity index (χ4v) is 1.02. The van der Waals surface area contributed by atoms with Gasteiger partial charge in [-0.05, 0) is 12.1 Å². The fourth-order valence-electron chi connectivity index (χ4n) is 1.02. The Morgan fingerprint density at radius 3 is 3.17 bits per heavy atom. The monoisotopic (exact) mass is 164 g/mol. The summed E-state index contributed by atoms with van der Waals surface area (Å²) in [6.07, 6.45) is 3.02. The van der Waals surface area contributed by atoms with Gasteiger partial charge < -0.3 is 4.98 Å². The summed E-state index contributed by atoms with van der Waals surface area (Å²) < 4.78 is 12.7. The van der Waals surface area contributed by atoms with Crippen LogP contribution in [-0.2, 0) is 0 Å². The van der Waals surface area contributed by atoms with Crippen LogP contribution < -0.4 is 5.56 Å². The second-order valence-electron chi connectivity index (χ2n) is 2.41. The largest absolute Gasteiger partial charge is 0.318 e. The van der Waals surface area contributed by atoms with Crippen LogP contribution in [0.4, 0.5) is 4.39 Å². The molecule has 4 heteroatoms. The summed E-state index contributed by atoms with van der Waals surface area (Å²) in [7, 11) is 0. The third-order valence-electron chi connectivity index (χ3n) is 1.60. The molecule has 0 saturated carbocycles. The summed E-state index contributed by atoms with van der Waals surface area (Å²) in [5, 5.41) is 0.641. The van der Waals surface area contributed by atoms with E-state index in [4.69, 9.17) is 0 Å². The molecule has 2 heterocycles. The lowest BCUT2D eigenvalue weighted by Crippen LogP contribution is -2.09. The van der Waals surface area contributed by atoms with Gasteiger partial charge in [0, 0.05) is 11.6 Å². The minimum Gasteiger partial charge on any atom is -0.318 e. The zero-order chi connectivity index (χ0) is 8.55. The Balaban J connectivity index is 2.93. The quantitative estimate of drug-likeness (QED) is 0.632. The van der Waals surface area contributed by atoms with E-state index >= 15 is 0 Å². The SMILES string of the molecule is O=c1[nH]c2cnccc2cc1F. The van der Waals surface area contributed by atoms with E-state index in [1.54, 1.807) is 12.3 Å². The van der Waals surface area contributed by atoms with Crippen LogP contribution in [0, 0.1) is 5.82 Å². The predicted molar refractivity (Wildman–Crippen MR) is 42.3 cm³/mol. The van der Waals surface area contributed by atoms with E-state index < -0.39 is 11.4 Å². The summed E-state index contributed by atoms with van der Waals surface area (Å²) >= 11 is 0. The highest BCUT2D eigenvalue weighted by atomic mass is 19.1. The molecule has 0 spiro atoms. The van der Waals surface area contributed by atoms with Crippen LogP contribution in [0.1, 0.15) is 0 Å². The van der Waals surface area contributed by atoms with Gasteiger partial charge in [0.05, 0.1) is 11.7 Å². The van der Waals surface area contributed by atoms with Gasteiger partial charge in [-0.1, -0.05) is 0 Å². The van der Waals surface area contributed by atoms with Crippen molar-refractivity contribution in [2.24, 2.45) is 0 Å². The minimum atomic E-state index is -0.770. The number of nitrogens with zero attached hydrogens (tertiary/aromatic N) is 1. The standard InChI is InChI=1S/C8H5FN2O/c9-6-3-5-1-2-10-4-7(5)11-8(6)12/h1-4H,(H,11,12). The Labute approximate surface area is 66.9 Å². The third-order valence-corrected chi connectivity index (χ3v) is 1.60. The highest BCUT2D eigenvalue weighted by Gasteiger charge is 1.99. The van der Waals surface area contributed by atoms with Crippen LogP contribution in [0.15, 0.2) is 29.3 Å². The Morgan fingerprint density at radius 2 is 2.33 bits per heavy atom. The zero-order valence-electron chi connectivity index (χ0n) is 6.04. The molecule has 1 N–H and O–H groups in total. The van der Waals surface area contributed by atoms with Crippen LogP contribution in [0.25, 0.3) is 10.9 Å². The summed E-state index contributed by atoms with van der Waals surface area (Å²) in [5.41, 5.74) is -0.167. The molecular weight excluding hydrogens is 159 g/mol. The van der Waals surface area contributed by atoms with E-state index in [1.165, 1.54) is 12.3 Å². The summed E-state index contributed by atoms with van der Waals surface area (Å²) in [4.78, 5) is 16.9. The molecule has 0 saturated heterocycles. The number of pyridine rings is 2. The number of nitrogens with one attached hydrogen (secondary N) is 1. The normalized spacial score (nSPS) is 10.4. The maximum atomic E-state index is 12.7. The van der Waals surface area contributed by atoms with Crippen LogP contribution in [0.2, 0.25) is 0 Å². The second kappa shape index (κ2) is 2.41. The van der Waals surface area contributed by atoms with Crippen LogP contribution in [0.3, 0.4) is 0 Å². The Bertz CT molecular complexity index is 478. The number of H-pyrrole nitrogens is 1. The number of hydrogen-bond donors (Lipinski definition) is 1. The molecule has 12 heavy (non-hydrogen) atoms. The molecule has 0 amide bonds. The third kappa shape index (κ3) is 0.972. The van der Waals surface area contributed by atoms with Gasteiger partial charge in [-0.25, -0.2) is 4.39 Å². The molecule has 2 aromatic rings. The first-order chi connectivity index (χ1) is 5.77. The summed E-state index contributed by atoms with van der Waals surface area (Å²) in [6.45, 7) is 0. The van der Waals surface area contributed by atoms with Crippen LogP contribution in [0.5, 0.6) is 0 Å². The molecule has 2 aromatic heterocycles. The highest BCUT2D eigenvalue weighted by molar-refractivity contribution is 5.76. The van der Waals surface area contributed by atoms with Crippen molar-refractivity contribution in [1.29, 1.82) is 0 Å². The number of aromatic amines is 1. The first-order valence-electron chi connectivity index (χ1n) is 3.40. The van der Waals surface area contributed by atoms with Crippen LogP contribution in [-0.4, -0.2) is 9.97 Å². The molecule has 0 aliphatic carbocycles. The molecule has 60 valence electrons. The maximum Gasteiger partial charge on any atom is 0.284 e. The molecule has 0 aliphatic heterocycles. The van der Waals surface area contributed by atoms with E-state index in [1.807, 2.05) is 0 Å². The Hall–Kier alpha value is -1.71. The lowest BCUT2D eigenvalue weighted by Gasteiger charge is -1.94. The first kappa shape index (κ1) is 6.97. The van der Waals surface area contributed by atoms with E-state index in [0.29, 0.717) is 10.9 Å². The first-order valence-corrected chi connectivity index (χ1v) is 3.40. The van der Waals surface area contributed by atoms with Gasteiger partial charge in [0.1, 0.15) is 0 Å². The molecule has 0 atom stereocenters.